The van der Waals surface area contributed by atoms with Crippen LogP contribution >= 0.6 is 0 Å². The third-order valence-corrected chi connectivity index (χ3v) is 4.66. The largest absolute Gasteiger partial charge is 0.497 e. The summed E-state index contributed by atoms with van der Waals surface area (Å²) in [4.78, 5) is 45.3. The van der Waals surface area contributed by atoms with Gasteiger partial charge in [-0.25, -0.2) is 4.79 Å². The average Bonchev–Trinajstić information content (AvgIpc) is 2.73. The molecule has 1 N–H and O–H groups in total. The van der Waals surface area contributed by atoms with Gasteiger partial charge in [0.15, 0.2) is 5.78 Å². The number of carbonyl (C=O) groups excluding carboxylic acids is 2. The lowest BCUT2D eigenvalue weighted by Crippen LogP contribution is -2.38. The summed E-state index contributed by atoms with van der Waals surface area (Å²) in [6.45, 7) is 0.261. The number of nitrogens with zero attached hydrogens (tertiary/aromatic N) is 2. The number of methoxy groups -OCH3 is 1. The van der Waals surface area contributed by atoms with Crippen LogP contribution in [0.4, 0.5) is 5.69 Å². The fourth-order valence-electron chi connectivity index (χ4n) is 3.25. The fraction of sp³-hybridized carbons (Fsp3) is 0.143. The number of hydrogen-bond acceptors (Lipinski definition) is 5. The van der Waals surface area contributed by atoms with Gasteiger partial charge in [0.25, 0.3) is 5.91 Å². The molecule has 1 amide bonds. The van der Waals surface area contributed by atoms with E-state index >= 15 is 0 Å². The maximum absolute atomic E-state index is 13.1. The predicted molar refractivity (Wildman–Crippen MR) is 104 cm³/mol. The summed E-state index contributed by atoms with van der Waals surface area (Å²) >= 11 is 0. The molecule has 0 saturated carbocycles. The van der Waals surface area contributed by atoms with E-state index in [-0.39, 0.29) is 30.3 Å². The number of amides is 1. The standard InChI is InChI=1S/C21H17N3O4/c1-28-14-8-6-13(7-9-14)16-12-17(23-21(27)22-16)20(26)24-11-10-19(25)15-4-2-3-5-18(15)24/h2-9,12H,10-11H2,1H3,(H,22,23,27). The Kier molecular flexibility index (Phi) is 4.49. The lowest BCUT2D eigenvalue weighted by molar-refractivity contribution is 0.0952. The number of benzene rings is 2. The first-order valence-corrected chi connectivity index (χ1v) is 8.77. The minimum atomic E-state index is -0.613. The number of aromatic nitrogens is 2. The van der Waals surface area contributed by atoms with Gasteiger partial charge in [-0.2, -0.15) is 4.98 Å². The molecule has 7 nitrogen and oxygen atoms in total. The van der Waals surface area contributed by atoms with Gasteiger partial charge in [0.1, 0.15) is 11.4 Å². The van der Waals surface area contributed by atoms with Gasteiger partial charge in [0.05, 0.1) is 18.5 Å². The number of hydrogen-bond donors (Lipinski definition) is 1. The van der Waals surface area contributed by atoms with Crippen molar-refractivity contribution < 1.29 is 14.3 Å². The molecular weight excluding hydrogens is 358 g/mol. The van der Waals surface area contributed by atoms with E-state index in [1.807, 2.05) is 0 Å². The van der Waals surface area contributed by atoms with Crippen LogP contribution in [0.3, 0.4) is 0 Å². The van der Waals surface area contributed by atoms with Crippen LogP contribution in [0.25, 0.3) is 11.3 Å². The van der Waals surface area contributed by atoms with Gasteiger partial charge >= 0.3 is 5.69 Å². The Labute approximate surface area is 160 Å². The normalized spacial score (nSPS) is 13.2. The maximum Gasteiger partial charge on any atom is 0.346 e. The molecule has 1 aromatic heterocycles. The highest BCUT2D eigenvalue weighted by atomic mass is 16.5. The molecule has 28 heavy (non-hydrogen) atoms. The molecule has 2 heterocycles. The van der Waals surface area contributed by atoms with Crippen LogP contribution < -0.4 is 15.3 Å². The van der Waals surface area contributed by atoms with Gasteiger partial charge in [-0.05, 0) is 42.5 Å². The van der Waals surface area contributed by atoms with Crippen molar-refractivity contribution in [1.82, 2.24) is 9.97 Å². The molecule has 2 aromatic carbocycles. The smallest absolute Gasteiger partial charge is 0.346 e. The summed E-state index contributed by atoms with van der Waals surface area (Å²) in [6, 6.07) is 15.6. The lowest BCUT2D eigenvalue weighted by Gasteiger charge is -2.28. The number of nitrogens with one attached hydrogen (secondary N) is 1. The summed E-state index contributed by atoms with van der Waals surface area (Å²) < 4.78 is 5.14. The molecule has 0 aliphatic carbocycles. The van der Waals surface area contributed by atoms with Crippen LogP contribution in [-0.2, 0) is 0 Å². The average molecular weight is 375 g/mol. The molecular formula is C21H17N3O4. The third-order valence-electron chi connectivity index (χ3n) is 4.66. The molecule has 0 saturated heterocycles. The first-order valence-electron chi connectivity index (χ1n) is 8.77. The second kappa shape index (κ2) is 7.11. The number of carbonyl (C=O) groups is 2. The first-order chi connectivity index (χ1) is 13.6. The topological polar surface area (TPSA) is 92.4 Å². The Morgan fingerprint density at radius 1 is 1.11 bits per heavy atom. The van der Waals surface area contributed by atoms with E-state index in [1.165, 1.54) is 4.90 Å². The Morgan fingerprint density at radius 2 is 1.86 bits per heavy atom. The number of para-hydroxylation sites is 1. The van der Waals surface area contributed by atoms with Crippen molar-refractivity contribution in [1.29, 1.82) is 0 Å². The molecule has 3 aromatic rings. The molecule has 0 atom stereocenters. The van der Waals surface area contributed by atoms with Crippen molar-refractivity contribution in [3.63, 3.8) is 0 Å². The number of Topliss-reactive ketones (excluding diaryl/α,β-unsaturated/α-hetero) is 1. The number of ether oxygens (including phenoxy) is 1. The van der Waals surface area contributed by atoms with Gasteiger partial charge in [-0.3, -0.25) is 9.59 Å². The maximum atomic E-state index is 13.1. The van der Waals surface area contributed by atoms with Crippen LogP contribution in [0.2, 0.25) is 0 Å². The molecule has 4 rings (SSSR count). The van der Waals surface area contributed by atoms with Crippen molar-refractivity contribution in [2.45, 2.75) is 6.42 Å². The van der Waals surface area contributed by atoms with E-state index < -0.39 is 5.69 Å². The molecule has 0 fully saturated rings. The number of ketones is 1. The molecule has 0 bridgehead atoms. The van der Waals surface area contributed by atoms with Crippen LogP contribution in [0.15, 0.2) is 59.4 Å². The Hall–Kier alpha value is -3.74. The Balaban J connectivity index is 1.72. The summed E-state index contributed by atoms with van der Waals surface area (Å²) in [6.07, 6.45) is 0.239. The van der Waals surface area contributed by atoms with Gasteiger partial charge < -0.3 is 14.6 Å². The summed E-state index contributed by atoms with van der Waals surface area (Å²) in [5.41, 5.74) is 1.64. The molecule has 0 radical (unpaired) electrons. The molecule has 0 spiro atoms. The third kappa shape index (κ3) is 3.18. The quantitative estimate of drug-likeness (QED) is 0.760. The zero-order valence-electron chi connectivity index (χ0n) is 15.1. The molecule has 7 heteroatoms. The molecule has 0 unspecified atom stereocenters. The van der Waals surface area contributed by atoms with E-state index in [9.17, 15) is 14.4 Å². The van der Waals surface area contributed by atoms with Crippen molar-refractivity contribution in [3.8, 4) is 17.0 Å². The zero-order chi connectivity index (χ0) is 19.7. The fourth-order valence-corrected chi connectivity index (χ4v) is 3.25. The number of anilines is 1. The van der Waals surface area contributed by atoms with Gasteiger partial charge in [0.2, 0.25) is 0 Å². The van der Waals surface area contributed by atoms with Gasteiger partial charge in [-0.15, -0.1) is 0 Å². The minimum Gasteiger partial charge on any atom is -0.497 e. The van der Waals surface area contributed by atoms with E-state index in [1.54, 1.807) is 61.7 Å². The van der Waals surface area contributed by atoms with Crippen LogP contribution in [0.5, 0.6) is 5.75 Å². The van der Waals surface area contributed by atoms with Crippen LogP contribution in [0, 0.1) is 0 Å². The monoisotopic (exact) mass is 375 g/mol. The van der Waals surface area contributed by atoms with E-state index in [0.717, 1.165) is 0 Å². The molecule has 1 aliphatic rings. The zero-order valence-corrected chi connectivity index (χ0v) is 15.1. The van der Waals surface area contributed by atoms with Crippen molar-refractivity contribution in [3.05, 3.63) is 76.3 Å². The minimum absolute atomic E-state index is 0.00166. The Bertz CT molecular complexity index is 1120. The van der Waals surface area contributed by atoms with Crippen LogP contribution in [0.1, 0.15) is 27.3 Å². The number of rotatable bonds is 3. The van der Waals surface area contributed by atoms with E-state index in [4.69, 9.17) is 4.74 Å². The van der Waals surface area contributed by atoms with Crippen molar-refractivity contribution in [2.24, 2.45) is 0 Å². The summed E-state index contributed by atoms with van der Waals surface area (Å²) in [5, 5.41) is 0. The summed E-state index contributed by atoms with van der Waals surface area (Å²) in [7, 11) is 1.57. The van der Waals surface area contributed by atoms with Gasteiger partial charge in [-0.1, -0.05) is 12.1 Å². The van der Waals surface area contributed by atoms with E-state index in [2.05, 4.69) is 9.97 Å². The van der Waals surface area contributed by atoms with Crippen molar-refractivity contribution >= 4 is 17.4 Å². The number of fused-ring (bicyclic) bond motifs is 1. The Morgan fingerprint density at radius 3 is 2.61 bits per heavy atom. The predicted octanol–water partition coefficient (Wildman–Crippen LogP) is 2.68. The molecule has 1 aliphatic heterocycles. The van der Waals surface area contributed by atoms with Crippen LogP contribution in [-0.4, -0.2) is 35.3 Å². The number of H-pyrrole nitrogens is 1. The summed E-state index contributed by atoms with van der Waals surface area (Å²) in [5.74, 6) is 0.301. The second-order valence-electron chi connectivity index (χ2n) is 6.36. The SMILES string of the molecule is COc1ccc(-c2cc(C(=O)N3CCC(=O)c4ccccc43)[nH]c(=O)n2)cc1. The van der Waals surface area contributed by atoms with Gasteiger partial charge in [0, 0.05) is 24.1 Å². The molecule has 140 valence electrons. The highest BCUT2D eigenvalue weighted by molar-refractivity contribution is 6.12. The first kappa shape index (κ1) is 17.7. The van der Waals surface area contributed by atoms with E-state index in [0.29, 0.717) is 28.3 Å². The highest BCUT2D eigenvalue weighted by Crippen LogP contribution is 2.28. The lowest BCUT2D eigenvalue weighted by atomic mass is 10.00. The van der Waals surface area contributed by atoms with Crippen molar-refractivity contribution in [2.75, 3.05) is 18.6 Å². The highest BCUT2D eigenvalue weighted by Gasteiger charge is 2.28. The second-order valence-corrected chi connectivity index (χ2v) is 6.36. The number of aromatic amines is 1.